The second-order valence-electron chi connectivity index (χ2n) is 4.72. The van der Waals surface area contributed by atoms with Gasteiger partial charge < -0.3 is 10.4 Å². The number of hydrogen-bond donors (Lipinski definition) is 2. The smallest absolute Gasteiger partial charge is 0.315 e. The number of halogens is 2. The normalized spacial score (nSPS) is 11.4. The van der Waals surface area contributed by atoms with Crippen molar-refractivity contribution in [1.29, 1.82) is 0 Å². The second-order valence-corrected chi connectivity index (χ2v) is 6.87. The molecule has 0 bridgehead atoms. The number of rotatable bonds is 4. The summed E-state index contributed by atoms with van der Waals surface area (Å²) in [7, 11) is 0. The van der Waals surface area contributed by atoms with Crippen LogP contribution in [0.25, 0.3) is 0 Å². The molecule has 20 heavy (non-hydrogen) atoms. The van der Waals surface area contributed by atoms with Gasteiger partial charge in [0.1, 0.15) is 5.41 Å². The number of nitrogens with zero attached hydrogens (tertiary/aromatic N) is 1. The van der Waals surface area contributed by atoms with Gasteiger partial charge in [-0.1, -0.05) is 11.6 Å². The average Bonchev–Trinajstić information content (AvgIpc) is 2.81. The summed E-state index contributed by atoms with van der Waals surface area (Å²) in [5.41, 5.74) is 0.347. The van der Waals surface area contributed by atoms with Crippen LogP contribution in [-0.4, -0.2) is 16.1 Å². The number of aromatic nitrogens is 1. The molecule has 2 N–H and O–H groups in total. The molecule has 0 spiro atoms. The Morgan fingerprint density at radius 2 is 2.20 bits per heavy atom. The summed E-state index contributed by atoms with van der Waals surface area (Å²) in [5, 5.41) is 15.4. The molecule has 0 amide bonds. The van der Waals surface area contributed by atoms with E-state index >= 15 is 0 Å². The van der Waals surface area contributed by atoms with Crippen molar-refractivity contribution in [3.05, 3.63) is 38.8 Å². The van der Waals surface area contributed by atoms with Crippen molar-refractivity contribution in [3.8, 4) is 0 Å². The van der Waals surface area contributed by atoms with E-state index in [0.29, 0.717) is 15.8 Å². The number of thiazole rings is 1. The summed E-state index contributed by atoms with van der Waals surface area (Å²) in [6.07, 6.45) is 0. The number of carbonyl (C=O) groups is 1. The molecule has 2 rings (SSSR count). The maximum atomic E-state index is 11.2. The standard InChI is InChI=1S/C13H12BrClN2O2S/c1-13(2,11(18)19)10-6-20-12(17-10)16-9-4-3-7(15)5-8(9)14/h3-6H,1-2H3,(H,16,17)(H,18,19). The molecular formula is C13H12BrClN2O2S. The van der Waals surface area contributed by atoms with Crippen molar-refractivity contribution in [1.82, 2.24) is 4.98 Å². The number of anilines is 2. The summed E-state index contributed by atoms with van der Waals surface area (Å²) in [6, 6.07) is 5.37. The van der Waals surface area contributed by atoms with Crippen LogP contribution in [0.4, 0.5) is 10.8 Å². The van der Waals surface area contributed by atoms with Gasteiger partial charge in [0, 0.05) is 14.9 Å². The molecule has 0 aliphatic carbocycles. The zero-order chi connectivity index (χ0) is 14.9. The maximum Gasteiger partial charge on any atom is 0.315 e. The number of carboxylic acids is 1. The van der Waals surface area contributed by atoms with Gasteiger partial charge in [0.15, 0.2) is 5.13 Å². The third kappa shape index (κ3) is 3.13. The first-order valence-electron chi connectivity index (χ1n) is 5.72. The van der Waals surface area contributed by atoms with Crippen LogP contribution < -0.4 is 5.32 Å². The van der Waals surface area contributed by atoms with Gasteiger partial charge in [-0.25, -0.2) is 4.98 Å². The van der Waals surface area contributed by atoms with E-state index in [1.54, 1.807) is 31.4 Å². The number of nitrogens with one attached hydrogen (secondary N) is 1. The van der Waals surface area contributed by atoms with Crippen molar-refractivity contribution in [2.75, 3.05) is 5.32 Å². The highest BCUT2D eigenvalue weighted by molar-refractivity contribution is 9.10. The topological polar surface area (TPSA) is 62.2 Å². The molecule has 0 aliphatic heterocycles. The largest absolute Gasteiger partial charge is 0.481 e. The fourth-order valence-corrected chi connectivity index (χ4v) is 3.11. The minimum atomic E-state index is -1.01. The maximum absolute atomic E-state index is 11.2. The van der Waals surface area contributed by atoms with Gasteiger partial charge >= 0.3 is 5.97 Å². The zero-order valence-electron chi connectivity index (χ0n) is 10.8. The third-order valence-corrected chi connectivity index (χ3v) is 4.50. The molecule has 1 aromatic carbocycles. The van der Waals surface area contributed by atoms with E-state index in [9.17, 15) is 9.90 Å². The van der Waals surface area contributed by atoms with E-state index in [1.807, 2.05) is 6.07 Å². The fraction of sp³-hybridized carbons (Fsp3) is 0.231. The molecule has 0 saturated carbocycles. The average molecular weight is 376 g/mol. The van der Waals surface area contributed by atoms with E-state index in [1.165, 1.54) is 11.3 Å². The monoisotopic (exact) mass is 374 g/mol. The van der Waals surface area contributed by atoms with E-state index in [2.05, 4.69) is 26.2 Å². The molecule has 0 saturated heterocycles. The van der Waals surface area contributed by atoms with Gasteiger partial charge in [0.05, 0.1) is 11.4 Å². The van der Waals surface area contributed by atoms with Crippen molar-refractivity contribution in [2.24, 2.45) is 0 Å². The number of aliphatic carboxylic acids is 1. The number of carboxylic acid groups (broad SMARTS) is 1. The molecule has 4 nitrogen and oxygen atoms in total. The second kappa shape index (κ2) is 5.71. The highest BCUT2D eigenvalue weighted by atomic mass is 79.9. The van der Waals surface area contributed by atoms with E-state index in [4.69, 9.17) is 11.6 Å². The first-order chi connectivity index (χ1) is 9.30. The number of hydrogen-bond acceptors (Lipinski definition) is 4. The minimum absolute atomic E-state index is 0.530. The summed E-state index contributed by atoms with van der Waals surface area (Å²) < 4.78 is 0.819. The predicted octanol–water partition coefficient (Wildman–Crippen LogP) is 4.66. The van der Waals surface area contributed by atoms with Crippen molar-refractivity contribution < 1.29 is 9.90 Å². The van der Waals surface area contributed by atoms with Gasteiger partial charge in [-0.05, 0) is 48.0 Å². The first-order valence-corrected chi connectivity index (χ1v) is 7.77. The summed E-state index contributed by atoms with van der Waals surface area (Å²) in [6.45, 7) is 3.26. The van der Waals surface area contributed by atoms with Crippen molar-refractivity contribution in [3.63, 3.8) is 0 Å². The quantitative estimate of drug-likeness (QED) is 0.815. The van der Waals surface area contributed by atoms with Crippen molar-refractivity contribution in [2.45, 2.75) is 19.3 Å². The Labute approximate surface area is 133 Å². The molecule has 1 heterocycles. The Morgan fingerprint density at radius 3 is 2.80 bits per heavy atom. The SMILES string of the molecule is CC(C)(C(=O)O)c1csc(Nc2ccc(Cl)cc2Br)n1. The third-order valence-electron chi connectivity index (χ3n) is 2.85. The molecule has 0 atom stereocenters. The van der Waals surface area contributed by atoms with Gasteiger partial charge in [-0.2, -0.15) is 0 Å². The molecule has 2 aromatic rings. The Hall–Kier alpha value is -1.11. The lowest BCUT2D eigenvalue weighted by atomic mass is 9.90. The Morgan fingerprint density at radius 1 is 1.50 bits per heavy atom. The molecular weight excluding hydrogens is 364 g/mol. The highest BCUT2D eigenvalue weighted by Crippen LogP contribution is 2.32. The predicted molar refractivity (Wildman–Crippen MR) is 85.2 cm³/mol. The molecule has 0 aliphatic rings. The van der Waals surface area contributed by atoms with Crippen LogP contribution in [-0.2, 0) is 10.2 Å². The molecule has 106 valence electrons. The zero-order valence-corrected chi connectivity index (χ0v) is 13.9. The van der Waals surface area contributed by atoms with E-state index in [0.717, 1.165) is 10.2 Å². The van der Waals surface area contributed by atoms with Crippen LogP contribution in [0.5, 0.6) is 0 Å². The van der Waals surface area contributed by atoms with Gasteiger partial charge in [0.2, 0.25) is 0 Å². The van der Waals surface area contributed by atoms with Crippen LogP contribution in [0.15, 0.2) is 28.1 Å². The van der Waals surface area contributed by atoms with Crippen LogP contribution in [0.1, 0.15) is 19.5 Å². The van der Waals surface area contributed by atoms with Gasteiger partial charge in [-0.15, -0.1) is 11.3 Å². The lowest BCUT2D eigenvalue weighted by Gasteiger charge is -2.15. The highest BCUT2D eigenvalue weighted by Gasteiger charge is 2.32. The van der Waals surface area contributed by atoms with Crippen LogP contribution in [0.3, 0.4) is 0 Å². The van der Waals surface area contributed by atoms with Crippen LogP contribution >= 0.6 is 38.9 Å². The van der Waals surface area contributed by atoms with Gasteiger partial charge in [0.25, 0.3) is 0 Å². The van der Waals surface area contributed by atoms with Crippen molar-refractivity contribution >= 4 is 55.7 Å². The fourth-order valence-electron chi connectivity index (χ4n) is 1.43. The Bertz CT molecular complexity index is 658. The summed E-state index contributed by atoms with van der Waals surface area (Å²) in [4.78, 5) is 15.5. The Balaban J connectivity index is 2.24. The summed E-state index contributed by atoms with van der Waals surface area (Å²) >= 11 is 10.7. The van der Waals surface area contributed by atoms with E-state index < -0.39 is 11.4 Å². The number of benzene rings is 1. The lowest BCUT2D eigenvalue weighted by Crippen LogP contribution is -2.28. The first kappa shape index (κ1) is 15.3. The van der Waals surface area contributed by atoms with Crippen LogP contribution in [0, 0.1) is 0 Å². The van der Waals surface area contributed by atoms with E-state index in [-0.39, 0.29) is 0 Å². The Kier molecular flexibility index (Phi) is 4.36. The minimum Gasteiger partial charge on any atom is -0.481 e. The lowest BCUT2D eigenvalue weighted by molar-refractivity contribution is -0.142. The molecule has 0 fully saturated rings. The molecule has 0 unspecified atom stereocenters. The summed E-state index contributed by atoms with van der Waals surface area (Å²) in [5.74, 6) is -0.901. The molecule has 7 heteroatoms. The van der Waals surface area contributed by atoms with Gasteiger partial charge in [-0.3, -0.25) is 4.79 Å². The molecule has 0 radical (unpaired) electrons. The molecule has 1 aromatic heterocycles. The van der Waals surface area contributed by atoms with Crippen LogP contribution in [0.2, 0.25) is 5.02 Å².